The van der Waals surface area contributed by atoms with Crippen molar-refractivity contribution in [2.45, 2.75) is 19.9 Å². The van der Waals surface area contributed by atoms with E-state index in [9.17, 15) is 0 Å². The van der Waals surface area contributed by atoms with Gasteiger partial charge in [0, 0.05) is 28.4 Å². The number of nitrogens with one attached hydrogen (secondary N) is 1. The molecule has 1 heterocycles. The zero-order chi connectivity index (χ0) is 14.5. The Bertz CT molecular complexity index is 581. The second kappa shape index (κ2) is 6.52. The van der Waals surface area contributed by atoms with Gasteiger partial charge in [0.25, 0.3) is 0 Å². The molecule has 1 aromatic carbocycles. The number of ether oxygens (including phenoxy) is 2. The Labute approximate surface area is 123 Å². The second-order valence-corrected chi connectivity index (χ2v) is 5.62. The van der Waals surface area contributed by atoms with E-state index in [4.69, 9.17) is 15.2 Å². The van der Waals surface area contributed by atoms with Crippen molar-refractivity contribution in [3.05, 3.63) is 34.0 Å². The quantitative estimate of drug-likeness (QED) is 0.800. The third-order valence-electron chi connectivity index (χ3n) is 3.07. The number of thiophene rings is 1. The molecule has 0 aliphatic carbocycles. The Morgan fingerprint density at radius 1 is 1.10 bits per heavy atom. The van der Waals surface area contributed by atoms with Gasteiger partial charge in [-0.05, 0) is 18.6 Å². The fraction of sp³-hybridized carbons (Fsp3) is 0.333. The van der Waals surface area contributed by atoms with Gasteiger partial charge in [0.05, 0.1) is 25.6 Å². The molecule has 5 heteroatoms. The number of hydrogen-bond donors (Lipinski definition) is 2. The predicted molar refractivity (Wildman–Crippen MR) is 85.0 cm³/mol. The lowest BCUT2D eigenvalue weighted by Gasteiger charge is -2.13. The number of hydrogen-bond acceptors (Lipinski definition) is 5. The van der Waals surface area contributed by atoms with Crippen LogP contribution in [-0.4, -0.2) is 14.2 Å². The highest BCUT2D eigenvalue weighted by atomic mass is 32.1. The molecule has 20 heavy (non-hydrogen) atoms. The van der Waals surface area contributed by atoms with E-state index < -0.39 is 0 Å². The molecule has 0 unspecified atom stereocenters. The number of nitrogen functional groups attached to an aromatic ring is 1. The normalized spacial score (nSPS) is 10.3. The van der Waals surface area contributed by atoms with E-state index in [1.54, 1.807) is 20.3 Å². The van der Waals surface area contributed by atoms with Gasteiger partial charge in [-0.15, -0.1) is 11.3 Å². The second-order valence-electron chi connectivity index (χ2n) is 4.37. The summed E-state index contributed by atoms with van der Waals surface area (Å²) in [6, 6.07) is 7.95. The molecule has 1 aromatic heterocycles. The van der Waals surface area contributed by atoms with Crippen molar-refractivity contribution in [2.24, 2.45) is 0 Å². The number of anilines is 2. The first kappa shape index (κ1) is 14.5. The van der Waals surface area contributed by atoms with Gasteiger partial charge < -0.3 is 20.5 Å². The van der Waals surface area contributed by atoms with E-state index in [2.05, 4.69) is 24.4 Å². The van der Waals surface area contributed by atoms with Crippen molar-refractivity contribution >= 4 is 22.7 Å². The summed E-state index contributed by atoms with van der Waals surface area (Å²) in [4.78, 5) is 2.68. The molecule has 0 amide bonds. The molecule has 2 rings (SSSR count). The summed E-state index contributed by atoms with van der Waals surface area (Å²) in [5.74, 6) is 1.31. The molecule has 108 valence electrons. The number of aryl methyl sites for hydroxylation is 1. The Morgan fingerprint density at radius 3 is 2.35 bits per heavy atom. The lowest BCUT2D eigenvalue weighted by Crippen LogP contribution is -2.02. The number of benzene rings is 1. The van der Waals surface area contributed by atoms with Gasteiger partial charge >= 0.3 is 0 Å². The van der Waals surface area contributed by atoms with Crippen LogP contribution in [0.3, 0.4) is 0 Å². The van der Waals surface area contributed by atoms with E-state index in [1.165, 1.54) is 9.75 Å². The number of nitrogens with two attached hydrogens (primary N) is 1. The van der Waals surface area contributed by atoms with Gasteiger partial charge in [0.15, 0.2) is 11.5 Å². The molecule has 0 saturated carbocycles. The molecule has 0 aliphatic rings. The van der Waals surface area contributed by atoms with Crippen LogP contribution in [0.4, 0.5) is 11.4 Å². The highest BCUT2D eigenvalue weighted by molar-refractivity contribution is 7.12. The molecule has 0 aliphatic heterocycles. The van der Waals surface area contributed by atoms with E-state index in [-0.39, 0.29) is 0 Å². The first-order chi connectivity index (χ1) is 9.67. The molecular formula is C15H20N2O2S. The molecular weight excluding hydrogens is 272 g/mol. The summed E-state index contributed by atoms with van der Waals surface area (Å²) in [5, 5.41) is 3.34. The topological polar surface area (TPSA) is 56.5 Å². The van der Waals surface area contributed by atoms with E-state index >= 15 is 0 Å². The van der Waals surface area contributed by atoms with Crippen molar-refractivity contribution in [2.75, 3.05) is 25.3 Å². The van der Waals surface area contributed by atoms with Crippen LogP contribution in [0, 0.1) is 0 Å². The Morgan fingerprint density at radius 2 is 1.75 bits per heavy atom. The lowest BCUT2D eigenvalue weighted by atomic mass is 10.2. The van der Waals surface area contributed by atoms with Crippen LogP contribution in [0.15, 0.2) is 24.3 Å². The molecule has 0 radical (unpaired) electrons. The number of rotatable bonds is 6. The van der Waals surface area contributed by atoms with Crippen LogP contribution >= 0.6 is 11.3 Å². The van der Waals surface area contributed by atoms with Crippen molar-refractivity contribution < 1.29 is 9.47 Å². The maximum atomic E-state index is 6.02. The summed E-state index contributed by atoms with van der Waals surface area (Å²) in [6.07, 6.45) is 1.07. The van der Waals surface area contributed by atoms with Gasteiger partial charge in [-0.2, -0.15) is 0 Å². The Hall–Kier alpha value is -1.88. The Kier molecular flexibility index (Phi) is 4.74. The summed E-state index contributed by atoms with van der Waals surface area (Å²) in [7, 11) is 3.22. The maximum Gasteiger partial charge on any atom is 0.162 e. The van der Waals surface area contributed by atoms with Crippen LogP contribution < -0.4 is 20.5 Å². The summed E-state index contributed by atoms with van der Waals surface area (Å²) in [6.45, 7) is 2.92. The number of methoxy groups -OCH3 is 2. The molecule has 0 fully saturated rings. The van der Waals surface area contributed by atoms with Crippen molar-refractivity contribution in [3.63, 3.8) is 0 Å². The molecule has 3 N–H and O–H groups in total. The maximum absolute atomic E-state index is 6.02. The summed E-state index contributed by atoms with van der Waals surface area (Å²) >= 11 is 1.82. The first-order valence-electron chi connectivity index (χ1n) is 6.50. The van der Waals surface area contributed by atoms with Gasteiger partial charge in [0.2, 0.25) is 0 Å². The average molecular weight is 292 g/mol. The standard InChI is InChI=1S/C15H20N2O2S/c1-4-10-5-6-11(20-10)9-17-13-8-15(19-3)14(18-2)7-12(13)16/h5-8,17H,4,9,16H2,1-3H3. The minimum atomic E-state index is 0.639. The van der Waals surface area contributed by atoms with Gasteiger partial charge in [-0.3, -0.25) is 0 Å². The minimum absolute atomic E-state index is 0.639. The molecule has 0 saturated heterocycles. The van der Waals surface area contributed by atoms with Gasteiger partial charge in [-0.25, -0.2) is 0 Å². The van der Waals surface area contributed by atoms with Crippen molar-refractivity contribution in [3.8, 4) is 11.5 Å². The van der Waals surface area contributed by atoms with Crippen molar-refractivity contribution in [1.82, 2.24) is 0 Å². The SMILES string of the molecule is CCc1ccc(CNc2cc(OC)c(OC)cc2N)s1. The van der Waals surface area contributed by atoms with Gasteiger partial charge in [0.1, 0.15) is 0 Å². The third-order valence-corrected chi connectivity index (χ3v) is 4.30. The highest BCUT2D eigenvalue weighted by Crippen LogP contribution is 2.35. The predicted octanol–water partition coefficient (Wildman–Crippen LogP) is 3.52. The fourth-order valence-electron chi connectivity index (χ4n) is 1.94. The van der Waals surface area contributed by atoms with Crippen LogP contribution in [0.1, 0.15) is 16.7 Å². The largest absolute Gasteiger partial charge is 0.493 e. The van der Waals surface area contributed by atoms with Crippen LogP contribution in [0.25, 0.3) is 0 Å². The molecule has 0 atom stereocenters. The molecule has 0 spiro atoms. The summed E-state index contributed by atoms with van der Waals surface area (Å²) < 4.78 is 10.5. The molecule has 0 bridgehead atoms. The fourth-order valence-corrected chi connectivity index (χ4v) is 2.84. The van der Waals surface area contributed by atoms with Crippen LogP contribution in [0.5, 0.6) is 11.5 Å². The monoisotopic (exact) mass is 292 g/mol. The van der Waals surface area contributed by atoms with Crippen LogP contribution in [-0.2, 0) is 13.0 Å². The smallest absolute Gasteiger partial charge is 0.162 e. The minimum Gasteiger partial charge on any atom is -0.493 e. The van der Waals surface area contributed by atoms with Gasteiger partial charge in [-0.1, -0.05) is 6.92 Å². The molecule has 2 aromatic rings. The first-order valence-corrected chi connectivity index (χ1v) is 7.32. The van der Waals surface area contributed by atoms with Crippen LogP contribution in [0.2, 0.25) is 0 Å². The van der Waals surface area contributed by atoms with E-state index in [0.29, 0.717) is 17.2 Å². The zero-order valence-electron chi connectivity index (χ0n) is 12.0. The zero-order valence-corrected chi connectivity index (χ0v) is 12.8. The third kappa shape index (κ3) is 3.17. The lowest BCUT2D eigenvalue weighted by molar-refractivity contribution is 0.355. The Balaban J connectivity index is 2.12. The van der Waals surface area contributed by atoms with E-state index in [0.717, 1.165) is 18.7 Å². The van der Waals surface area contributed by atoms with E-state index in [1.807, 2.05) is 17.4 Å². The highest BCUT2D eigenvalue weighted by Gasteiger charge is 2.09. The molecule has 4 nitrogen and oxygen atoms in total. The average Bonchev–Trinajstić information content (AvgIpc) is 2.93. The van der Waals surface area contributed by atoms with Crippen molar-refractivity contribution in [1.29, 1.82) is 0 Å². The summed E-state index contributed by atoms with van der Waals surface area (Å²) in [5.41, 5.74) is 7.53.